The zero-order valence-corrected chi connectivity index (χ0v) is 10.9. The highest BCUT2D eigenvalue weighted by Gasteiger charge is 2.11. The van der Waals surface area contributed by atoms with Crippen LogP contribution in [-0.2, 0) is 0 Å². The van der Waals surface area contributed by atoms with Gasteiger partial charge in [0, 0.05) is 24.5 Å². The maximum atomic E-state index is 5.26. The van der Waals surface area contributed by atoms with Gasteiger partial charge in [0.1, 0.15) is 0 Å². The van der Waals surface area contributed by atoms with Gasteiger partial charge in [0.2, 0.25) is 0 Å². The van der Waals surface area contributed by atoms with Gasteiger partial charge in [-0.05, 0) is 39.2 Å². The Labute approximate surface area is 97.1 Å². The number of nitrogens with zero attached hydrogens (tertiary/aromatic N) is 2. The molecule has 0 saturated heterocycles. The molecule has 4 heteroatoms. The fourth-order valence-electron chi connectivity index (χ4n) is 1.95. The minimum absolute atomic E-state index is 0.434. The largest absolute Gasteiger partial charge is 0.337 e. The summed E-state index contributed by atoms with van der Waals surface area (Å²) in [5.41, 5.74) is 1.21. The van der Waals surface area contributed by atoms with E-state index in [0.717, 1.165) is 24.4 Å². The maximum Gasteiger partial charge on any atom is 0.177 e. The third kappa shape index (κ3) is 2.92. The molecular weight excluding hydrogens is 206 g/mol. The van der Waals surface area contributed by atoms with E-state index in [2.05, 4.69) is 42.1 Å². The zero-order chi connectivity index (χ0) is 11.4. The van der Waals surface area contributed by atoms with E-state index in [9.17, 15) is 0 Å². The Morgan fingerprint density at radius 3 is 2.47 bits per heavy atom. The molecule has 0 aliphatic rings. The van der Waals surface area contributed by atoms with Crippen molar-refractivity contribution >= 4 is 12.2 Å². The lowest BCUT2D eigenvalue weighted by Crippen LogP contribution is -2.29. The van der Waals surface area contributed by atoms with Crippen molar-refractivity contribution in [2.24, 2.45) is 0 Å². The normalized spacial score (nSPS) is 13.4. The number of aromatic amines is 1. The highest BCUT2D eigenvalue weighted by atomic mass is 32.1. The summed E-state index contributed by atoms with van der Waals surface area (Å²) in [5, 5.41) is 0. The first-order chi connectivity index (χ1) is 7.10. The van der Waals surface area contributed by atoms with Crippen LogP contribution in [0.25, 0.3) is 0 Å². The SMILES string of the molecule is CCN(CC)CC(C)n1c(C)c[nH]c1=S. The van der Waals surface area contributed by atoms with Crippen molar-refractivity contribution in [3.05, 3.63) is 16.7 Å². The van der Waals surface area contributed by atoms with E-state index in [0.29, 0.717) is 6.04 Å². The van der Waals surface area contributed by atoms with Gasteiger partial charge in [-0.2, -0.15) is 0 Å². The molecule has 1 heterocycles. The zero-order valence-electron chi connectivity index (χ0n) is 10.1. The molecule has 1 atom stereocenters. The van der Waals surface area contributed by atoms with Gasteiger partial charge >= 0.3 is 0 Å². The van der Waals surface area contributed by atoms with Gasteiger partial charge in [0.15, 0.2) is 4.77 Å². The maximum absolute atomic E-state index is 5.26. The van der Waals surface area contributed by atoms with Gasteiger partial charge < -0.3 is 14.5 Å². The van der Waals surface area contributed by atoms with Crippen LogP contribution in [0.3, 0.4) is 0 Å². The summed E-state index contributed by atoms with van der Waals surface area (Å²) in [6.07, 6.45) is 1.97. The molecule has 0 spiro atoms. The Morgan fingerprint density at radius 2 is 2.07 bits per heavy atom. The van der Waals surface area contributed by atoms with Gasteiger partial charge in [-0.15, -0.1) is 0 Å². The fourth-order valence-corrected chi connectivity index (χ4v) is 2.33. The van der Waals surface area contributed by atoms with Crippen molar-refractivity contribution in [1.29, 1.82) is 0 Å². The van der Waals surface area contributed by atoms with Gasteiger partial charge in [-0.3, -0.25) is 0 Å². The van der Waals surface area contributed by atoms with E-state index in [1.807, 2.05) is 6.20 Å². The Bertz CT molecular complexity index is 349. The van der Waals surface area contributed by atoms with Crippen LogP contribution in [0.4, 0.5) is 0 Å². The van der Waals surface area contributed by atoms with E-state index in [1.54, 1.807) is 0 Å². The predicted octanol–water partition coefficient (Wildman–Crippen LogP) is 2.76. The van der Waals surface area contributed by atoms with Crippen LogP contribution in [0.2, 0.25) is 0 Å². The Morgan fingerprint density at radius 1 is 1.47 bits per heavy atom. The number of nitrogens with one attached hydrogen (secondary N) is 1. The molecule has 1 aromatic heterocycles. The van der Waals surface area contributed by atoms with Crippen LogP contribution in [0.5, 0.6) is 0 Å². The lowest BCUT2D eigenvalue weighted by molar-refractivity contribution is 0.259. The van der Waals surface area contributed by atoms with Crippen LogP contribution in [0.15, 0.2) is 6.20 Å². The van der Waals surface area contributed by atoms with Crippen LogP contribution in [-0.4, -0.2) is 34.1 Å². The summed E-state index contributed by atoms with van der Waals surface area (Å²) >= 11 is 5.26. The number of hydrogen-bond acceptors (Lipinski definition) is 2. The van der Waals surface area contributed by atoms with Crippen molar-refractivity contribution in [2.75, 3.05) is 19.6 Å². The number of aryl methyl sites for hydroxylation is 1. The van der Waals surface area contributed by atoms with Crippen LogP contribution >= 0.6 is 12.2 Å². The van der Waals surface area contributed by atoms with E-state index < -0.39 is 0 Å². The first-order valence-corrected chi connectivity index (χ1v) is 5.99. The van der Waals surface area contributed by atoms with Crippen molar-refractivity contribution in [3.63, 3.8) is 0 Å². The van der Waals surface area contributed by atoms with E-state index in [-0.39, 0.29) is 0 Å². The molecule has 1 N–H and O–H groups in total. The predicted molar refractivity (Wildman–Crippen MR) is 66.9 cm³/mol. The lowest BCUT2D eigenvalue weighted by Gasteiger charge is -2.24. The van der Waals surface area contributed by atoms with Crippen molar-refractivity contribution < 1.29 is 0 Å². The average molecular weight is 227 g/mol. The van der Waals surface area contributed by atoms with Gasteiger partial charge in [0.25, 0.3) is 0 Å². The number of hydrogen-bond donors (Lipinski definition) is 1. The van der Waals surface area contributed by atoms with Crippen LogP contribution in [0.1, 0.15) is 32.5 Å². The number of H-pyrrole nitrogens is 1. The molecule has 0 aliphatic heterocycles. The molecule has 1 unspecified atom stereocenters. The second kappa shape index (κ2) is 5.47. The van der Waals surface area contributed by atoms with Crippen molar-refractivity contribution in [3.8, 4) is 0 Å². The summed E-state index contributed by atoms with van der Waals surface area (Å²) in [4.78, 5) is 5.50. The Kier molecular flexibility index (Phi) is 4.54. The van der Waals surface area contributed by atoms with Gasteiger partial charge in [-0.1, -0.05) is 13.8 Å². The Balaban J connectivity index is 2.76. The third-order valence-corrected chi connectivity index (χ3v) is 3.18. The molecule has 0 saturated carbocycles. The molecular formula is C11H21N3S. The Hall–Kier alpha value is -0.610. The fraction of sp³-hybridized carbons (Fsp3) is 0.727. The van der Waals surface area contributed by atoms with Crippen molar-refractivity contribution in [2.45, 2.75) is 33.7 Å². The molecule has 0 fully saturated rings. The van der Waals surface area contributed by atoms with E-state index in [4.69, 9.17) is 12.2 Å². The number of aromatic nitrogens is 2. The lowest BCUT2D eigenvalue weighted by atomic mass is 10.3. The topological polar surface area (TPSA) is 24.0 Å². The summed E-state index contributed by atoms with van der Waals surface area (Å²) in [6.45, 7) is 11.9. The summed E-state index contributed by atoms with van der Waals surface area (Å²) in [6, 6.07) is 0.434. The van der Waals surface area contributed by atoms with Gasteiger partial charge in [0.05, 0.1) is 0 Å². The number of likely N-dealkylation sites (N-methyl/N-ethyl adjacent to an activating group) is 1. The van der Waals surface area contributed by atoms with Crippen LogP contribution < -0.4 is 0 Å². The minimum Gasteiger partial charge on any atom is -0.337 e. The highest BCUT2D eigenvalue weighted by Crippen LogP contribution is 2.12. The molecule has 0 amide bonds. The monoisotopic (exact) mass is 227 g/mol. The molecule has 86 valence electrons. The summed E-state index contributed by atoms with van der Waals surface area (Å²) < 4.78 is 3.01. The first kappa shape index (κ1) is 12.5. The molecule has 0 aromatic carbocycles. The third-order valence-electron chi connectivity index (χ3n) is 2.86. The number of imidazole rings is 1. The standard InChI is InChI=1S/C11H21N3S/c1-5-13(6-2)8-10(4)14-9(3)7-12-11(14)15/h7,10H,5-6,8H2,1-4H3,(H,12,15). The van der Waals surface area contributed by atoms with Crippen molar-refractivity contribution in [1.82, 2.24) is 14.5 Å². The average Bonchev–Trinajstić information content (AvgIpc) is 2.55. The summed E-state index contributed by atoms with van der Waals surface area (Å²) in [5.74, 6) is 0. The molecule has 0 aliphatic carbocycles. The molecule has 0 bridgehead atoms. The molecule has 3 nitrogen and oxygen atoms in total. The molecule has 1 rings (SSSR count). The molecule has 1 aromatic rings. The second-order valence-electron chi connectivity index (χ2n) is 3.94. The van der Waals surface area contributed by atoms with E-state index >= 15 is 0 Å². The van der Waals surface area contributed by atoms with Gasteiger partial charge in [-0.25, -0.2) is 0 Å². The first-order valence-electron chi connectivity index (χ1n) is 5.59. The minimum atomic E-state index is 0.434. The highest BCUT2D eigenvalue weighted by molar-refractivity contribution is 7.71. The smallest absolute Gasteiger partial charge is 0.177 e. The van der Waals surface area contributed by atoms with E-state index in [1.165, 1.54) is 5.69 Å². The van der Waals surface area contributed by atoms with Crippen LogP contribution in [0, 0.1) is 11.7 Å². The molecule has 15 heavy (non-hydrogen) atoms. The number of rotatable bonds is 5. The second-order valence-corrected chi connectivity index (χ2v) is 4.33. The molecule has 0 radical (unpaired) electrons. The quantitative estimate of drug-likeness (QED) is 0.782. The summed E-state index contributed by atoms with van der Waals surface area (Å²) in [7, 11) is 0.